The number of hydrogen-bond acceptors (Lipinski definition) is 3. The van der Waals surface area contributed by atoms with E-state index in [1.54, 1.807) is 6.07 Å². The molecule has 4 heteroatoms. The molecule has 0 spiro atoms. The number of carboxylic acid groups (broad SMARTS) is 1. The summed E-state index contributed by atoms with van der Waals surface area (Å²) in [6.45, 7) is 0. The Hall–Kier alpha value is -2.28. The number of nitrogens with zero attached hydrogens (tertiary/aromatic N) is 1. The van der Waals surface area contributed by atoms with Gasteiger partial charge in [-0.25, -0.2) is 4.79 Å². The molecule has 0 saturated heterocycles. The van der Waals surface area contributed by atoms with Gasteiger partial charge in [0, 0.05) is 0 Å². The molecule has 0 aromatic heterocycles. The van der Waals surface area contributed by atoms with Gasteiger partial charge in [0.05, 0.1) is 0 Å². The van der Waals surface area contributed by atoms with Gasteiger partial charge < -0.3 is 10.2 Å². The third kappa shape index (κ3) is 2.35. The zero-order valence-electron chi connectivity index (χ0n) is 9.81. The molecule has 0 heterocycles. The second kappa shape index (κ2) is 4.92. The van der Waals surface area contributed by atoms with Crippen LogP contribution < -0.4 is 0 Å². The number of hydrogen-bond donors (Lipinski definition) is 2. The first-order valence-electron chi connectivity index (χ1n) is 5.81. The highest BCUT2D eigenvalue weighted by Gasteiger charge is 2.14. The highest BCUT2D eigenvalue weighted by Crippen LogP contribution is 2.31. The van der Waals surface area contributed by atoms with Gasteiger partial charge in [-0.2, -0.15) is 5.26 Å². The summed E-state index contributed by atoms with van der Waals surface area (Å²) in [5, 5.41) is 27.4. The Morgan fingerprint density at radius 1 is 1.33 bits per heavy atom. The number of aliphatic carboxylic acids is 1. The molecule has 2 rings (SSSR count). The van der Waals surface area contributed by atoms with E-state index < -0.39 is 5.97 Å². The largest absolute Gasteiger partial charge is 0.508 e. The van der Waals surface area contributed by atoms with E-state index >= 15 is 0 Å². The van der Waals surface area contributed by atoms with E-state index in [2.05, 4.69) is 0 Å². The molecule has 0 unspecified atom stereocenters. The first kappa shape index (κ1) is 12.2. The number of fused-ring (bicyclic) bond motifs is 1. The van der Waals surface area contributed by atoms with Crippen LogP contribution in [0.3, 0.4) is 0 Å². The van der Waals surface area contributed by atoms with E-state index in [9.17, 15) is 9.90 Å². The first-order valence-corrected chi connectivity index (χ1v) is 5.81. The second-order valence-corrected chi connectivity index (χ2v) is 4.36. The van der Waals surface area contributed by atoms with Gasteiger partial charge in [0.15, 0.2) is 0 Å². The van der Waals surface area contributed by atoms with Gasteiger partial charge in [-0.1, -0.05) is 6.07 Å². The molecular weight excluding hydrogens is 230 g/mol. The third-order valence-electron chi connectivity index (χ3n) is 3.13. The van der Waals surface area contributed by atoms with Gasteiger partial charge in [0.2, 0.25) is 0 Å². The van der Waals surface area contributed by atoms with Gasteiger partial charge in [-0.15, -0.1) is 0 Å². The average Bonchev–Trinajstić information content (AvgIpc) is 2.35. The molecule has 0 aliphatic heterocycles. The van der Waals surface area contributed by atoms with Gasteiger partial charge in [-0.05, 0) is 54.5 Å². The number of benzene rings is 1. The molecular formula is C14H13NO3. The van der Waals surface area contributed by atoms with E-state index in [0.29, 0.717) is 5.56 Å². The number of phenols is 1. The summed E-state index contributed by atoms with van der Waals surface area (Å²) < 4.78 is 0. The Morgan fingerprint density at radius 3 is 2.72 bits per heavy atom. The van der Waals surface area contributed by atoms with Gasteiger partial charge in [0.25, 0.3) is 0 Å². The lowest BCUT2D eigenvalue weighted by molar-refractivity contribution is -0.132. The van der Waals surface area contributed by atoms with Gasteiger partial charge in [0.1, 0.15) is 17.4 Å². The van der Waals surface area contributed by atoms with Crippen molar-refractivity contribution in [3.63, 3.8) is 0 Å². The van der Waals surface area contributed by atoms with Crippen LogP contribution in [0.4, 0.5) is 0 Å². The van der Waals surface area contributed by atoms with E-state index in [4.69, 9.17) is 10.4 Å². The highest BCUT2D eigenvalue weighted by molar-refractivity contribution is 5.96. The molecule has 0 atom stereocenters. The fourth-order valence-electron chi connectivity index (χ4n) is 2.26. The molecule has 2 N–H and O–H groups in total. The topological polar surface area (TPSA) is 81.3 Å². The van der Waals surface area contributed by atoms with Crippen molar-refractivity contribution in [3.8, 4) is 11.8 Å². The minimum absolute atomic E-state index is 0.195. The summed E-state index contributed by atoms with van der Waals surface area (Å²) in [4.78, 5) is 10.8. The summed E-state index contributed by atoms with van der Waals surface area (Å²) in [5.41, 5.74) is 2.24. The number of aryl methyl sites for hydroxylation is 1. The number of nitriles is 1. The fourth-order valence-corrected chi connectivity index (χ4v) is 2.26. The van der Waals surface area contributed by atoms with Crippen molar-refractivity contribution >= 4 is 12.0 Å². The van der Waals surface area contributed by atoms with Crippen LogP contribution in [0.2, 0.25) is 0 Å². The zero-order chi connectivity index (χ0) is 13.1. The van der Waals surface area contributed by atoms with Gasteiger partial charge >= 0.3 is 5.97 Å². The lowest BCUT2D eigenvalue weighted by Crippen LogP contribution is -2.03. The monoisotopic (exact) mass is 243 g/mol. The van der Waals surface area contributed by atoms with Crippen LogP contribution in [0.1, 0.15) is 29.5 Å². The highest BCUT2D eigenvalue weighted by atomic mass is 16.4. The summed E-state index contributed by atoms with van der Waals surface area (Å²) >= 11 is 0. The van der Waals surface area contributed by atoms with Crippen molar-refractivity contribution in [1.29, 1.82) is 5.26 Å². The minimum atomic E-state index is -1.25. The van der Waals surface area contributed by atoms with Crippen molar-refractivity contribution in [2.45, 2.75) is 25.7 Å². The molecule has 1 aliphatic rings. The van der Waals surface area contributed by atoms with Crippen LogP contribution in [-0.2, 0) is 17.6 Å². The lowest BCUT2D eigenvalue weighted by atomic mass is 9.89. The average molecular weight is 243 g/mol. The predicted molar refractivity (Wildman–Crippen MR) is 66.0 cm³/mol. The van der Waals surface area contributed by atoms with Crippen molar-refractivity contribution in [3.05, 3.63) is 34.4 Å². The maximum atomic E-state index is 10.8. The second-order valence-electron chi connectivity index (χ2n) is 4.36. The molecule has 0 fully saturated rings. The smallest absolute Gasteiger partial charge is 0.346 e. The lowest BCUT2D eigenvalue weighted by Gasteiger charge is -2.17. The molecule has 1 aromatic rings. The van der Waals surface area contributed by atoms with Crippen molar-refractivity contribution < 1.29 is 15.0 Å². The zero-order valence-corrected chi connectivity index (χ0v) is 9.81. The standard InChI is InChI=1S/C14H13NO3/c15-8-11(14(17)18)6-9-5-10-3-1-2-4-12(10)13(16)7-9/h5-7,16H,1-4H2,(H,17,18). The van der Waals surface area contributed by atoms with Gasteiger partial charge in [-0.3, -0.25) is 0 Å². The molecule has 0 radical (unpaired) electrons. The molecule has 0 amide bonds. The van der Waals surface area contributed by atoms with Crippen LogP contribution >= 0.6 is 0 Å². The fraction of sp³-hybridized carbons (Fsp3) is 0.286. The van der Waals surface area contributed by atoms with E-state index in [-0.39, 0.29) is 11.3 Å². The molecule has 18 heavy (non-hydrogen) atoms. The third-order valence-corrected chi connectivity index (χ3v) is 3.13. The molecule has 92 valence electrons. The number of carboxylic acids is 1. The van der Waals surface area contributed by atoms with Crippen molar-refractivity contribution in [2.24, 2.45) is 0 Å². The Labute approximate surface area is 105 Å². The Morgan fingerprint density at radius 2 is 2.06 bits per heavy atom. The normalized spacial score (nSPS) is 14.7. The number of phenolic OH excluding ortho intramolecular Hbond substituents is 1. The summed E-state index contributed by atoms with van der Waals surface area (Å²) in [7, 11) is 0. The first-order chi connectivity index (χ1) is 8.61. The Kier molecular flexibility index (Phi) is 3.33. The molecule has 4 nitrogen and oxygen atoms in total. The van der Waals surface area contributed by atoms with E-state index in [0.717, 1.165) is 36.8 Å². The Bertz CT molecular complexity index is 567. The summed E-state index contributed by atoms with van der Waals surface area (Å²) in [6.07, 6.45) is 5.17. The minimum Gasteiger partial charge on any atom is -0.508 e. The predicted octanol–water partition coefficient (Wildman–Crippen LogP) is 2.26. The van der Waals surface area contributed by atoms with Crippen LogP contribution in [0.15, 0.2) is 17.7 Å². The Balaban J connectivity index is 2.45. The quantitative estimate of drug-likeness (QED) is 0.616. The molecule has 0 saturated carbocycles. The summed E-state index contributed by atoms with van der Waals surface area (Å²) in [5.74, 6) is -1.06. The van der Waals surface area contributed by atoms with Crippen LogP contribution in [-0.4, -0.2) is 16.2 Å². The number of rotatable bonds is 2. The molecule has 1 aliphatic carbocycles. The van der Waals surface area contributed by atoms with E-state index in [1.165, 1.54) is 12.1 Å². The van der Waals surface area contributed by atoms with Crippen molar-refractivity contribution in [2.75, 3.05) is 0 Å². The number of carbonyl (C=O) groups is 1. The number of aromatic hydroxyl groups is 1. The maximum Gasteiger partial charge on any atom is 0.346 e. The summed E-state index contributed by atoms with van der Waals surface area (Å²) in [6, 6.07) is 5.00. The molecule has 0 bridgehead atoms. The van der Waals surface area contributed by atoms with Crippen LogP contribution in [0.5, 0.6) is 5.75 Å². The van der Waals surface area contributed by atoms with Crippen molar-refractivity contribution in [1.82, 2.24) is 0 Å². The van der Waals surface area contributed by atoms with Crippen LogP contribution in [0.25, 0.3) is 6.08 Å². The SMILES string of the molecule is N#CC(=Cc1cc(O)c2c(c1)CCCC2)C(=O)O. The van der Waals surface area contributed by atoms with E-state index in [1.807, 2.05) is 6.07 Å². The molecule has 1 aromatic carbocycles. The van der Waals surface area contributed by atoms with Crippen LogP contribution in [0, 0.1) is 11.3 Å². The maximum absolute atomic E-state index is 10.8.